The van der Waals surface area contributed by atoms with Gasteiger partial charge in [-0.25, -0.2) is 0 Å². The van der Waals surface area contributed by atoms with Crippen molar-refractivity contribution in [2.45, 2.75) is 57.7 Å². The molecule has 0 spiro atoms. The fourth-order valence-corrected chi connectivity index (χ4v) is 4.27. The molecule has 1 heterocycles. The first kappa shape index (κ1) is 18.3. The maximum Gasteiger partial charge on any atom is 0.405 e. The molecule has 1 aliphatic heterocycles. The van der Waals surface area contributed by atoms with Crippen LogP contribution in [0.2, 0.25) is 0 Å². The summed E-state index contributed by atoms with van der Waals surface area (Å²) in [5.41, 5.74) is -5.39. The van der Waals surface area contributed by atoms with Crippen LogP contribution in [0.25, 0.3) is 0 Å². The maximum atomic E-state index is 13.4. The second kappa shape index (κ2) is 5.03. The molecule has 3 aliphatic rings. The van der Waals surface area contributed by atoms with Gasteiger partial charge in [0.15, 0.2) is 10.8 Å². The number of fused-ring (bicyclic) bond motifs is 1. The zero-order valence-electron chi connectivity index (χ0n) is 13.3. The number of hydrogen-bond donors (Lipinski definition) is 0. The number of alkyl halides is 6. The summed E-state index contributed by atoms with van der Waals surface area (Å²) in [6, 6.07) is 0. The molecule has 6 atom stereocenters. The number of rotatable bonds is 3. The summed E-state index contributed by atoms with van der Waals surface area (Å²) in [4.78, 5) is 23.9. The van der Waals surface area contributed by atoms with Crippen LogP contribution < -0.4 is 0 Å². The number of hydrogen-bond acceptors (Lipinski definition) is 4. The molecule has 0 aromatic carbocycles. The van der Waals surface area contributed by atoms with Crippen molar-refractivity contribution >= 4 is 11.9 Å². The molecule has 142 valence electrons. The van der Waals surface area contributed by atoms with Gasteiger partial charge in [-0.15, -0.1) is 0 Å². The zero-order valence-corrected chi connectivity index (χ0v) is 13.3. The van der Waals surface area contributed by atoms with Gasteiger partial charge in [-0.3, -0.25) is 9.59 Å². The quantitative estimate of drug-likeness (QED) is 0.561. The third-order valence-electron chi connectivity index (χ3n) is 6.10. The van der Waals surface area contributed by atoms with E-state index in [0.29, 0.717) is 6.92 Å². The lowest BCUT2D eigenvalue weighted by Crippen LogP contribution is -2.50. The Balaban J connectivity index is 1.83. The van der Waals surface area contributed by atoms with Crippen molar-refractivity contribution in [3.8, 4) is 0 Å². The van der Waals surface area contributed by atoms with Gasteiger partial charge >= 0.3 is 24.3 Å². The highest BCUT2D eigenvalue weighted by Crippen LogP contribution is 2.68. The minimum absolute atomic E-state index is 0.0667. The molecule has 2 aliphatic carbocycles. The Morgan fingerprint density at radius 2 is 1.88 bits per heavy atom. The molecule has 0 aromatic heterocycles. The van der Waals surface area contributed by atoms with E-state index in [9.17, 15) is 35.9 Å². The third kappa shape index (κ3) is 2.14. The molecule has 4 nitrogen and oxygen atoms in total. The summed E-state index contributed by atoms with van der Waals surface area (Å²) in [5, 5.41) is 0. The largest absolute Gasteiger partial charge is 0.457 e. The highest BCUT2D eigenvalue weighted by atomic mass is 19.4. The van der Waals surface area contributed by atoms with Gasteiger partial charge in [-0.1, -0.05) is 6.92 Å². The topological polar surface area (TPSA) is 52.6 Å². The second-order valence-corrected chi connectivity index (χ2v) is 7.20. The third-order valence-corrected chi connectivity index (χ3v) is 6.10. The molecule has 2 saturated carbocycles. The molecule has 3 fully saturated rings. The van der Waals surface area contributed by atoms with Crippen LogP contribution in [0.4, 0.5) is 26.3 Å². The van der Waals surface area contributed by atoms with E-state index in [0.717, 1.165) is 0 Å². The molecular weight excluding hydrogens is 358 g/mol. The van der Waals surface area contributed by atoms with Crippen molar-refractivity contribution in [3.05, 3.63) is 0 Å². The molecule has 25 heavy (non-hydrogen) atoms. The van der Waals surface area contributed by atoms with Gasteiger partial charge < -0.3 is 9.47 Å². The van der Waals surface area contributed by atoms with Gasteiger partial charge in [0, 0.05) is 11.8 Å². The Bertz CT molecular complexity index is 614. The Morgan fingerprint density at radius 1 is 1.28 bits per heavy atom. The van der Waals surface area contributed by atoms with Crippen LogP contribution in [-0.4, -0.2) is 36.5 Å². The van der Waals surface area contributed by atoms with Crippen molar-refractivity contribution < 1.29 is 45.4 Å². The molecule has 6 unspecified atom stereocenters. The zero-order chi connectivity index (χ0) is 19.0. The Hall–Kier alpha value is -1.48. The van der Waals surface area contributed by atoms with Crippen LogP contribution in [-0.2, 0) is 19.1 Å². The Kier molecular flexibility index (Phi) is 3.69. The van der Waals surface area contributed by atoms with E-state index in [-0.39, 0.29) is 6.42 Å². The van der Waals surface area contributed by atoms with E-state index < -0.39 is 72.0 Å². The first-order valence-corrected chi connectivity index (χ1v) is 7.85. The number of carbonyl (C=O) groups is 2. The highest BCUT2D eigenvalue weighted by Gasteiger charge is 2.80. The fraction of sp³-hybridized carbons (Fsp3) is 0.867. The number of ether oxygens (including phenoxy) is 2. The standard InChI is InChI=1S/C15H16F6O4/c1-3-12(2,14(16,17)18)10(22)24-8-6-4-7-9(8)25-11(23)13(7,5-6)15(19,20)21/h6-9H,3-5H2,1-2H3. The van der Waals surface area contributed by atoms with E-state index in [1.165, 1.54) is 6.92 Å². The van der Waals surface area contributed by atoms with Crippen LogP contribution in [0.1, 0.15) is 33.1 Å². The summed E-state index contributed by atoms with van der Waals surface area (Å²) in [5.74, 6) is -5.05. The normalized spacial score (nSPS) is 39.3. The average Bonchev–Trinajstić information content (AvgIpc) is 3.06. The SMILES string of the molecule is CCC(C)(C(=O)OC1C2CC3C1OC(=O)C3(C(F)(F)F)C2)C(F)(F)F. The van der Waals surface area contributed by atoms with Crippen molar-refractivity contribution in [3.63, 3.8) is 0 Å². The summed E-state index contributed by atoms with van der Waals surface area (Å²) in [6.07, 6.45) is -13.5. The minimum atomic E-state index is -4.86. The first-order valence-electron chi connectivity index (χ1n) is 7.85. The van der Waals surface area contributed by atoms with Crippen LogP contribution in [0.3, 0.4) is 0 Å². The monoisotopic (exact) mass is 374 g/mol. The molecule has 0 aromatic rings. The number of carbonyl (C=O) groups excluding carboxylic acids is 2. The van der Waals surface area contributed by atoms with E-state index in [4.69, 9.17) is 9.47 Å². The number of halogens is 6. The van der Waals surface area contributed by atoms with Crippen LogP contribution in [0.15, 0.2) is 0 Å². The molecular formula is C15H16F6O4. The maximum absolute atomic E-state index is 13.4. The van der Waals surface area contributed by atoms with Crippen molar-refractivity contribution in [2.24, 2.45) is 22.7 Å². The van der Waals surface area contributed by atoms with Gasteiger partial charge in [0.2, 0.25) is 0 Å². The van der Waals surface area contributed by atoms with Gasteiger partial charge in [0.05, 0.1) is 0 Å². The van der Waals surface area contributed by atoms with E-state index >= 15 is 0 Å². The molecule has 0 amide bonds. The first-order chi connectivity index (χ1) is 11.3. The summed E-state index contributed by atoms with van der Waals surface area (Å²) in [7, 11) is 0. The van der Waals surface area contributed by atoms with E-state index in [1.807, 2.05) is 0 Å². The lowest BCUT2D eigenvalue weighted by Gasteiger charge is -2.35. The van der Waals surface area contributed by atoms with Gasteiger partial charge in [0.1, 0.15) is 12.2 Å². The predicted molar refractivity (Wildman–Crippen MR) is 68.9 cm³/mol. The predicted octanol–water partition coefficient (Wildman–Crippen LogP) is 3.39. The summed E-state index contributed by atoms with van der Waals surface area (Å²) < 4.78 is 89.4. The van der Waals surface area contributed by atoms with Crippen molar-refractivity contribution in [1.29, 1.82) is 0 Å². The van der Waals surface area contributed by atoms with E-state index in [1.54, 1.807) is 0 Å². The van der Waals surface area contributed by atoms with Gasteiger partial charge in [-0.2, -0.15) is 26.3 Å². The average molecular weight is 374 g/mol. The van der Waals surface area contributed by atoms with Crippen molar-refractivity contribution in [1.82, 2.24) is 0 Å². The second-order valence-electron chi connectivity index (χ2n) is 7.20. The Labute approximate surface area is 138 Å². The Morgan fingerprint density at radius 3 is 2.36 bits per heavy atom. The fourth-order valence-electron chi connectivity index (χ4n) is 4.27. The van der Waals surface area contributed by atoms with Gasteiger partial charge in [0.25, 0.3) is 0 Å². The summed E-state index contributed by atoms with van der Waals surface area (Å²) >= 11 is 0. The molecule has 3 rings (SSSR count). The lowest BCUT2D eigenvalue weighted by atomic mass is 9.73. The molecule has 2 bridgehead atoms. The molecule has 1 saturated heterocycles. The van der Waals surface area contributed by atoms with Crippen molar-refractivity contribution in [2.75, 3.05) is 0 Å². The van der Waals surface area contributed by atoms with Crippen LogP contribution in [0.5, 0.6) is 0 Å². The van der Waals surface area contributed by atoms with E-state index in [2.05, 4.69) is 0 Å². The molecule has 0 radical (unpaired) electrons. The van der Waals surface area contributed by atoms with Crippen LogP contribution >= 0.6 is 0 Å². The molecule has 10 heteroatoms. The number of esters is 2. The summed E-state index contributed by atoms with van der Waals surface area (Å²) in [6.45, 7) is 1.85. The highest BCUT2D eigenvalue weighted by molar-refractivity contribution is 5.83. The lowest BCUT2D eigenvalue weighted by molar-refractivity contribution is -0.239. The van der Waals surface area contributed by atoms with Crippen LogP contribution in [0, 0.1) is 22.7 Å². The smallest absolute Gasteiger partial charge is 0.405 e. The van der Waals surface area contributed by atoms with Gasteiger partial charge in [-0.05, 0) is 26.2 Å². The molecule has 0 N–H and O–H groups in total. The minimum Gasteiger partial charge on any atom is -0.457 e.